The number of non-ortho nitro benzene ring substituents is 1. The quantitative estimate of drug-likeness (QED) is 0.489. The predicted molar refractivity (Wildman–Crippen MR) is 106 cm³/mol. The minimum absolute atomic E-state index is 0.111. The molecule has 0 radical (unpaired) electrons. The number of hydrogen-bond acceptors (Lipinski definition) is 5. The second-order valence-electron chi connectivity index (χ2n) is 6.67. The molecule has 150 valence electrons. The van der Waals surface area contributed by atoms with Crippen LogP contribution in [0.15, 0.2) is 54.6 Å². The highest BCUT2D eigenvalue weighted by molar-refractivity contribution is 5.94. The van der Waals surface area contributed by atoms with Crippen molar-refractivity contribution in [2.24, 2.45) is 0 Å². The maximum atomic E-state index is 13.2. The third-order valence-electron chi connectivity index (χ3n) is 4.21. The molecule has 0 fully saturated rings. The second-order valence-corrected chi connectivity index (χ2v) is 6.67. The fourth-order valence-electron chi connectivity index (χ4n) is 2.72. The molecule has 3 aromatic rings. The van der Waals surface area contributed by atoms with Gasteiger partial charge in [-0.15, -0.1) is 0 Å². The lowest BCUT2D eigenvalue weighted by Gasteiger charge is -2.11. The summed E-state index contributed by atoms with van der Waals surface area (Å²) in [6.45, 7) is 1.08. The fraction of sp³-hybridized carbons (Fsp3) is 0.200. The van der Waals surface area contributed by atoms with Crippen molar-refractivity contribution >= 4 is 11.6 Å². The third-order valence-corrected chi connectivity index (χ3v) is 4.21. The number of likely N-dealkylation sites (N-methyl/N-ethyl adjacent to an activating group) is 1. The first kappa shape index (κ1) is 20.2. The highest BCUT2D eigenvalue weighted by Gasteiger charge is 2.19. The van der Waals surface area contributed by atoms with Gasteiger partial charge in [0.15, 0.2) is 0 Å². The summed E-state index contributed by atoms with van der Waals surface area (Å²) in [5, 5.41) is 18.4. The van der Waals surface area contributed by atoms with E-state index in [0.717, 1.165) is 0 Å². The second kappa shape index (κ2) is 8.61. The van der Waals surface area contributed by atoms with Gasteiger partial charge in [0, 0.05) is 30.8 Å². The molecule has 1 heterocycles. The van der Waals surface area contributed by atoms with Crippen LogP contribution in [-0.2, 0) is 0 Å². The van der Waals surface area contributed by atoms with Gasteiger partial charge >= 0.3 is 0 Å². The van der Waals surface area contributed by atoms with E-state index < -0.39 is 4.92 Å². The molecule has 3 rings (SSSR count). The number of aromatic nitrogens is 2. The number of nitrogens with zero attached hydrogens (tertiary/aromatic N) is 4. The Morgan fingerprint density at radius 2 is 1.93 bits per heavy atom. The zero-order valence-corrected chi connectivity index (χ0v) is 16.0. The predicted octanol–water partition coefficient (Wildman–Crippen LogP) is 2.88. The van der Waals surface area contributed by atoms with Gasteiger partial charge in [0.1, 0.15) is 11.5 Å². The van der Waals surface area contributed by atoms with Crippen LogP contribution in [0.2, 0.25) is 0 Å². The van der Waals surface area contributed by atoms with Gasteiger partial charge in [-0.25, -0.2) is 9.07 Å². The summed E-state index contributed by atoms with van der Waals surface area (Å²) in [6, 6.07) is 13.2. The van der Waals surface area contributed by atoms with Gasteiger partial charge in [-0.2, -0.15) is 5.10 Å². The molecule has 0 saturated heterocycles. The summed E-state index contributed by atoms with van der Waals surface area (Å²) in [5.74, 6) is -0.743. The summed E-state index contributed by atoms with van der Waals surface area (Å²) >= 11 is 0. The van der Waals surface area contributed by atoms with E-state index in [1.807, 2.05) is 19.0 Å². The van der Waals surface area contributed by atoms with Crippen molar-refractivity contribution in [3.63, 3.8) is 0 Å². The van der Waals surface area contributed by atoms with E-state index in [9.17, 15) is 19.3 Å². The monoisotopic (exact) mass is 397 g/mol. The van der Waals surface area contributed by atoms with Crippen LogP contribution in [0.25, 0.3) is 16.9 Å². The molecule has 0 spiro atoms. The number of amides is 1. The average molecular weight is 397 g/mol. The fourth-order valence-corrected chi connectivity index (χ4v) is 2.72. The van der Waals surface area contributed by atoms with Crippen molar-refractivity contribution in [2.75, 3.05) is 27.2 Å². The summed E-state index contributed by atoms with van der Waals surface area (Å²) < 4.78 is 14.6. The third kappa shape index (κ3) is 4.82. The van der Waals surface area contributed by atoms with Crippen molar-refractivity contribution in [1.82, 2.24) is 20.0 Å². The van der Waals surface area contributed by atoms with E-state index in [2.05, 4.69) is 10.4 Å². The van der Waals surface area contributed by atoms with Crippen LogP contribution in [0.4, 0.5) is 10.1 Å². The van der Waals surface area contributed by atoms with E-state index in [-0.39, 0.29) is 23.1 Å². The van der Waals surface area contributed by atoms with Gasteiger partial charge in [-0.3, -0.25) is 14.9 Å². The van der Waals surface area contributed by atoms with Gasteiger partial charge in [0.2, 0.25) is 0 Å². The number of carbonyl (C=O) groups is 1. The molecule has 1 aromatic heterocycles. The SMILES string of the molecule is CN(C)CCNC(=O)c1cc(-c2ccc(F)cc2)nn1-c1cccc([N+](=O)[O-])c1. The maximum Gasteiger partial charge on any atom is 0.271 e. The van der Waals surface area contributed by atoms with E-state index in [1.54, 1.807) is 24.3 Å². The Kier molecular flexibility index (Phi) is 5.99. The molecule has 1 N–H and O–H groups in total. The van der Waals surface area contributed by atoms with Gasteiger partial charge in [-0.1, -0.05) is 6.07 Å². The summed E-state index contributed by atoms with van der Waals surface area (Å²) in [6.07, 6.45) is 0. The number of benzene rings is 2. The van der Waals surface area contributed by atoms with E-state index >= 15 is 0 Å². The van der Waals surface area contributed by atoms with E-state index in [1.165, 1.54) is 35.0 Å². The van der Waals surface area contributed by atoms with Gasteiger partial charge in [-0.05, 0) is 50.5 Å². The molecule has 0 saturated carbocycles. The molecule has 9 heteroatoms. The molecular weight excluding hydrogens is 377 g/mol. The minimum atomic E-state index is -0.509. The largest absolute Gasteiger partial charge is 0.349 e. The Morgan fingerprint density at radius 1 is 1.21 bits per heavy atom. The number of nitro benzene ring substituents is 1. The zero-order chi connectivity index (χ0) is 21.0. The number of hydrogen-bond donors (Lipinski definition) is 1. The molecule has 29 heavy (non-hydrogen) atoms. The van der Waals surface area contributed by atoms with Crippen LogP contribution in [0.5, 0.6) is 0 Å². The topological polar surface area (TPSA) is 93.3 Å². The summed E-state index contributed by atoms with van der Waals surface area (Å²) in [4.78, 5) is 25.3. The zero-order valence-electron chi connectivity index (χ0n) is 16.0. The Morgan fingerprint density at radius 3 is 2.59 bits per heavy atom. The van der Waals surface area contributed by atoms with Crippen molar-refractivity contribution in [3.05, 3.63) is 76.2 Å². The smallest absolute Gasteiger partial charge is 0.271 e. The molecule has 0 aliphatic rings. The molecular formula is C20H20FN5O3. The van der Waals surface area contributed by atoms with Crippen molar-refractivity contribution in [3.8, 4) is 16.9 Å². The normalized spacial score (nSPS) is 10.9. The number of halogens is 1. The van der Waals surface area contributed by atoms with Crippen LogP contribution < -0.4 is 5.32 Å². The molecule has 1 amide bonds. The van der Waals surface area contributed by atoms with Gasteiger partial charge in [0.05, 0.1) is 16.3 Å². The molecule has 2 aromatic carbocycles. The molecule has 0 atom stereocenters. The Bertz CT molecular complexity index is 1030. The number of nitrogens with one attached hydrogen (secondary N) is 1. The van der Waals surface area contributed by atoms with Crippen LogP contribution in [-0.4, -0.2) is 52.7 Å². The van der Waals surface area contributed by atoms with Gasteiger partial charge in [0.25, 0.3) is 11.6 Å². The highest BCUT2D eigenvalue weighted by atomic mass is 19.1. The Balaban J connectivity index is 2.02. The maximum absolute atomic E-state index is 13.2. The molecule has 0 aliphatic carbocycles. The first-order chi connectivity index (χ1) is 13.8. The number of carbonyl (C=O) groups excluding carboxylic acids is 1. The lowest BCUT2D eigenvalue weighted by Crippen LogP contribution is -2.32. The van der Waals surface area contributed by atoms with Crippen LogP contribution in [0.1, 0.15) is 10.5 Å². The Hall–Kier alpha value is -3.59. The molecule has 8 nitrogen and oxygen atoms in total. The average Bonchev–Trinajstić information content (AvgIpc) is 3.14. The summed E-state index contributed by atoms with van der Waals surface area (Å²) in [5.41, 5.74) is 1.57. The van der Waals surface area contributed by atoms with Crippen molar-refractivity contribution < 1.29 is 14.1 Å². The van der Waals surface area contributed by atoms with Crippen LogP contribution in [0, 0.1) is 15.9 Å². The first-order valence-corrected chi connectivity index (χ1v) is 8.89. The number of rotatable bonds is 7. The molecule has 0 aliphatic heterocycles. The van der Waals surface area contributed by atoms with Crippen LogP contribution >= 0.6 is 0 Å². The van der Waals surface area contributed by atoms with E-state index in [4.69, 9.17) is 0 Å². The molecule has 0 unspecified atom stereocenters. The summed E-state index contributed by atoms with van der Waals surface area (Å²) in [7, 11) is 3.79. The first-order valence-electron chi connectivity index (χ1n) is 8.89. The Labute approximate surface area is 166 Å². The van der Waals surface area contributed by atoms with Gasteiger partial charge < -0.3 is 10.2 Å². The lowest BCUT2D eigenvalue weighted by molar-refractivity contribution is -0.384. The standard InChI is InChI=1S/C20H20FN5O3/c1-24(2)11-10-22-20(27)19-13-18(14-6-8-15(21)9-7-14)23-25(19)16-4-3-5-17(12-16)26(28)29/h3-9,12-13H,10-11H2,1-2H3,(H,22,27). The van der Waals surface area contributed by atoms with E-state index in [0.29, 0.717) is 30.0 Å². The number of nitro groups is 1. The molecule has 0 bridgehead atoms. The van der Waals surface area contributed by atoms with Crippen molar-refractivity contribution in [2.45, 2.75) is 0 Å². The highest BCUT2D eigenvalue weighted by Crippen LogP contribution is 2.24. The lowest BCUT2D eigenvalue weighted by atomic mass is 10.1. The van der Waals surface area contributed by atoms with Crippen molar-refractivity contribution in [1.29, 1.82) is 0 Å². The van der Waals surface area contributed by atoms with Crippen LogP contribution in [0.3, 0.4) is 0 Å². The minimum Gasteiger partial charge on any atom is -0.349 e.